The van der Waals surface area contributed by atoms with Crippen LogP contribution in [-0.4, -0.2) is 33.3 Å². The van der Waals surface area contributed by atoms with E-state index in [2.05, 4.69) is 21.2 Å². The monoisotopic (exact) mass is 301 g/mol. The molecule has 0 bridgehead atoms. The van der Waals surface area contributed by atoms with Crippen molar-refractivity contribution < 1.29 is 14.3 Å². The molecule has 0 saturated heterocycles. The standard InChI is InChI=1S/C12H16BrNO3/c1-16-6-5-14-12(15)8-9-7-10(13)3-4-11(9)17-2/h3-4,7H,5-6,8H2,1-2H3,(H,14,15). The fraction of sp³-hybridized carbons (Fsp3) is 0.417. The lowest BCUT2D eigenvalue weighted by Crippen LogP contribution is -2.28. The average Bonchev–Trinajstić information content (AvgIpc) is 2.29. The van der Waals surface area contributed by atoms with E-state index in [-0.39, 0.29) is 5.91 Å². The molecular weight excluding hydrogens is 286 g/mol. The fourth-order valence-electron chi connectivity index (χ4n) is 1.41. The van der Waals surface area contributed by atoms with Gasteiger partial charge in [0.05, 0.1) is 20.1 Å². The van der Waals surface area contributed by atoms with Crippen LogP contribution in [0.5, 0.6) is 5.75 Å². The van der Waals surface area contributed by atoms with Gasteiger partial charge in [-0.05, 0) is 18.2 Å². The molecule has 0 saturated carbocycles. The second kappa shape index (κ2) is 7.29. The number of rotatable bonds is 6. The summed E-state index contributed by atoms with van der Waals surface area (Å²) < 4.78 is 11.0. The van der Waals surface area contributed by atoms with Gasteiger partial charge in [0.15, 0.2) is 0 Å². The Morgan fingerprint density at radius 3 is 2.82 bits per heavy atom. The van der Waals surface area contributed by atoms with Gasteiger partial charge in [-0.3, -0.25) is 4.79 Å². The molecule has 0 aliphatic heterocycles. The van der Waals surface area contributed by atoms with Crippen LogP contribution in [0.2, 0.25) is 0 Å². The Balaban J connectivity index is 2.60. The Kier molecular flexibility index (Phi) is 6.00. The molecule has 4 nitrogen and oxygen atoms in total. The van der Waals surface area contributed by atoms with E-state index in [4.69, 9.17) is 9.47 Å². The van der Waals surface area contributed by atoms with Crippen LogP contribution in [0.3, 0.4) is 0 Å². The molecule has 1 N–H and O–H groups in total. The largest absolute Gasteiger partial charge is 0.496 e. The number of carbonyl (C=O) groups excluding carboxylic acids is 1. The maximum absolute atomic E-state index is 11.6. The number of ether oxygens (including phenoxy) is 2. The Morgan fingerprint density at radius 2 is 2.18 bits per heavy atom. The number of amides is 1. The van der Waals surface area contributed by atoms with Crippen LogP contribution in [-0.2, 0) is 16.0 Å². The van der Waals surface area contributed by atoms with Gasteiger partial charge in [-0.2, -0.15) is 0 Å². The summed E-state index contributed by atoms with van der Waals surface area (Å²) >= 11 is 3.37. The van der Waals surface area contributed by atoms with Crippen LogP contribution in [0, 0.1) is 0 Å². The van der Waals surface area contributed by atoms with E-state index < -0.39 is 0 Å². The number of carbonyl (C=O) groups is 1. The van der Waals surface area contributed by atoms with Crippen molar-refractivity contribution >= 4 is 21.8 Å². The zero-order valence-electron chi connectivity index (χ0n) is 9.96. The summed E-state index contributed by atoms with van der Waals surface area (Å²) in [4.78, 5) is 11.6. The first-order valence-corrected chi connectivity index (χ1v) is 6.04. The summed E-state index contributed by atoms with van der Waals surface area (Å²) in [6.07, 6.45) is 0.298. The third-order valence-electron chi connectivity index (χ3n) is 2.22. The van der Waals surface area contributed by atoms with Crippen molar-refractivity contribution in [2.24, 2.45) is 0 Å². The highest BCUT2D eigenvalue weighted by molar-refractivity contribution is 9.10. The van der Waals surface area contributed by atoms with Crippen LogP contribution in [0.25, 0.3) is 0 Å². The average molecular weight is 302 g/mol. The van der Waals surface area contributed by atoms with Crippen LogP contribution in [0.4, 0.5) is 0 Å². The molecule has 94 valence electrons. The van der Waals surface area contributed by atoms with Gasteiger partial charge in [0, 0.05) is 23.7 Å². The fourth-order valence-corrected chi connectivity index (χ4v) is 1.82. The van der Waals surface area contributed by atoms with Gasteiger partial charge in [0.1, 0.15) is 5.75 Å². The van der Waals surface area contributed by atoms with Crippen LogP contribution < -0.4 is 10.1 Å². The first kappa shape index (κ1) is 14.0. The molecule has 1 aromatic rings. The van der Waals surface area contributed by atoms with Gasteiger partial charge in [-0.1, -0.05) is 15.9 Å². The Labute approximate surface area is 109 Å². The predicted octanol–water partition coefficient (Wildman–Crippen LogP) is 1.76. The topological polar surface area (TPSA) is 47.6 Å². The van der Waals surface area contributed by atoms with Crippen LogP contribution >= 0.6 is 15.9 Å². The van der Waals surface area contributed by atoms with Gasteiger partial charge in [-0.25, -0.2) is 0 Å². The quantitative estimate of drug-likeness (QED) is 0.815. The number of hydrogen-bond acceptors (Lipinski definition) is 3. The van der Waals surface area contributed by atoms with Crippen molar-refractivity contribution in [3.63, 3.8) is 0 Å². The minimum Gasteiger partial charge on any atom is -0.496 e. The highest BCUT2D eigenvalue weighted by Gasteiger charge is 2.08. The maximum Gasteiger partial charge on any atom is 0.224 e. The lowest BCUT2D eigenvalue weighted by molar-refractivity contribution is -0.120. The smallest absolute Gasteiger partial charge is 0.224 e. The minimum atomic E-state index is -0.0431. The molecule has 1 amide bonds. The number of nitrogens with one attached hydrogen (secondary N) is 1. The summed E-state index contributed by atoms with van der Waals surface area (Å²) in [5, 5.41) is 2.77. The van der Waals surface area contributed by atoms with E-state index in [1.165, 1.54) is 0 Å². The molecule has 0 aliphatic rings. The molecule has 1 rings (SSSR count). The molecule has 0 aromatic heterocycles. The molecule has 0 spiro atoms. The molecule has 0 unspecified atom stereocenters. The summed E-state index contributed by atoms with van der Waals surface area (Å²) in [7, 11) is 3.19. The Hall–Kier alpha value is -1.07. The van der Waals surface area contributed by atoms with Gasteiger partial charge in [0.25, 0.3) is 0 Å². The minimum absolute atomic E-state index is 0.0431. The van der Waals surface area contributed by atoms with Crippen LogP contribution in [0.15, 0.2) is 22.7 Å². The van der Waals surface area contributed by atoms with E-state index in [9.17, 15) is 4.79 Å². The third-order valence-corrected chi connectivity index (χ3v) is 2.72. The van der Waals surface area contributed by atoms with Crippen molar-refractivity contribution in [3.8, 4) is 5.75 Å². The summed E-state index contributed by atoms with van der Waals surface area (Å²) in [5.41, 5.74) is 0.858. The molecule has 0 radical (unpaired) electrons. The van der Waals surface area contributed by atoms with Crippen LogP contribution in [0.1, 0.15) is 5.56 Å². The molecule has 0 aliphatic carbocycles. The Morgan fingerprint density at radius 1 is 1.41 bits per heavy atom. The zero-order valence-corrected chi connectivity index (χ0v) is 11.5. The van der Waals surface area contributed by atoms with E-state index in [1.54, 1.807) is 14.2 Å². The van der Waals surface area contributed by atoms with Gasteiger partial charge < -0.3 is 14.8 Å². The predicted molar refractivity (Wildman–Crippen MR) is 69.3 cm³/mol. The molecule has 1 aromatic carbocycles. The number of benzene rings is 1. The molecule has 0 atom stereocenters. The normalized spacial score (nSPS) is 10.1. The summed E-state index contributed by atoms with van der Waals surface area (Å²) in [5.74, 6) is 0.675. The number of hydrogen-bond donors (Lipinski definition) is 1. The Bertz CT molecular complexity index is 382. The summed E-state index contributed by atoms with van der Waals surface area (Å²) in [6, 6.07) is 5.60. The van der Waals surface area contributed by atoms with Crippen molar-refractivity contribution in [2.45, 2.75) is 6.42 Å². The molecular formula is C12H16BrNO3. The van der Waals surface area contributed by atoms with Crippen molar-refractivity contribution in [1.29, 1.82) is 0 Å². The second-order valence-electron chi connectivity index (χ2n) is 3.48. The number of halogens is 1. The maximum atomic E-state index is 11.6. The summed E-state index contributed by atoms with van der Waals surface area (Å²) in [6.45, 7) is 1.03. The SMILES string of the molecule is COCCNC(=O)Cc1cc(Br)ccc1OC. The zero-order chi connectivity index (χ0) is 12.7. The van der Waals surface area contributed by atoms with E-state index in [0.29, 0.717) is 19.6 Å². The van der Waals surface area contributed by atoms with E-state index >= 15 is 0 Å². The van der Waals surface area contributed by atoms with Crippen molar-refractivity contribution in [3.05, 3.63) is 28.2 Å². The molecule has 17 heavy (non-hydrogen) atoms. The highest BCUT2D eigenvalue weighted by atomic mass is 79.9. The molecule has 5 heteroatoms. The molecule has 0 heterocycles. The van der Waals surface area contributed by atoms with Gasteiger partial charge in [0.2, 0.25) is 5.91 Å². The van der Waals surface area contributed by atoms with Crippen molar-refractivity contribution in [1.82, 2.24) is 5.32 Å². The first-order chi connectivity index (χ1) is 8.17. The second-order valence-corrected chi connectivity index (χ2v) is 4.39. The van der Waals surface area contributed by atoms with Gasteiger partial charge in [-0.15, -0.1) is 0 Å². The van der Waals surface area contributed by atoms with Gasteiger partial charge >= 0.3 is 0 Å². The molecule has 0 fully saturated rings. The number of methoxy groups -OCH3 is 2. The lowest BCUT2D eigenvalue weighted by Gasteiger charge is -2.09. The third kappa shape index (κ3) is 4.75. The lowest BCUT2D eigenvalue weighted by atomic mass is 10.1. The van der Waals surface area contributed by atoms with Crippen molar-refractivity contribution in [2.75, 3.05) is 27.4 Å². The highest BCUT2D eigenvalue weighted by Crippen LogP contribution is 2.23. The first-order valence-electron chi connectivity index (χ1n) is 5.25. The van der Waals surface area contributed by atoms with E-state index in [0.717, 1.165) is 15.8 Å². The van der Waals surface area contributed by atoms with E-state index in [1.807, 2.05) is 18.2 Å².